The Hall–Kier alpha value is -2.01. The Morgan fingerprint density at radius 1 is 1.25 bits per heavy atom. The van der Waals surface area contributed by atoms with Crippen LogP contribution in [-0.4, -0.2) is 18.1 Å². The highest BCUT2D eigenvalue weighted by Gasteiger charge is 2.13. The van der Waals surface area contributed by atoms with Gasteiger partial charge in [0.25, 0.3) is 5.91 Å². The van der Waals surface area contributed by atoms with Crippen LogP contribution in [0, 0.1) is 6.92 Å². The summed E-state index contributed by atoms with van der Waals surface area (Å²) in [6.45, 7) is 1.93. The van der Waals surface area contributed by atoms with Gasteiger partial charge in [-0.25, -0.2) is 0 Å². The fourth-order valence-electron chi connectivity index (χ4n) is 1.74. The topological polar surface area (TPSA) is 58.6 Å². The van der Waals surface area contributed by atoms with Crippen molar-refractivity contribution in [2.45, 2.75) is 6.92 Å². The van der Waals surface area contributed by atoms with Crippen LogP contribution in [0.25, 0.3) is 0 Å². The molecule has 2 N–H and O–H groups in total. The summed E-state index contributed by atoms with van der Waals surface area (Å²) in [5, 5.41) is 12.5. The van der Waals surface area contributed by atoms with E-state index in [0.29, 0.717) is 11.4 Å². The summed E-state index contributed by atoms with van der Waals surface area (Å²) in [4.78, 5) is 12.2. The standard InChI is InChI=1S/C15H14BrNO3/c1-9-7-10(3-5-13(9)16)17-15(19)12-8-11(20-2)4-6-14(12)18/h3-8,18H,1-2H3,(H,17,19). The van der Waals surface area contributed by atoms with Crippen molar-refractivity contribution in [2.75, 3.05) is 12.4 Å². The largest absolute Gasteiger partial charge is 0.507 e. The van der Waals surface area contributed by atoms with Crippen molar-refractivity contribution >= 4 is 27.5 Å². The Labute approximate surface area is 125 Å². The van der Waals surface area contributed by atoms with E-state index in [0.717, 1.165) is 10.0 Å². The number of aromatic hydroxyl groups is 1. The summed E-state index contributed by atoms with van der Waals surface area (Å²) in [5.74, 6) is 0.0418. The van der Waals surface area contributed by atoms with Crippen LogP contribution in [0.15, 0.2) is 40.9 Å². The van der Waals surface area contributed by atoms with E-state index in [1.165, 1.54) is 19.2 Å². The van der Waals surface area contributed by atoms with Gasteiger partial charge in [-0.2, -0.15) is 0 Å². The molecule has 0 saturated heterocycles. The number of halogens is 1. The van der Waals surface area contributed by atoms with Crippen molar-refractivity contribution in [1.82, 2.24) is 0 Å². The zero-order valence-corrected chi connectivity index (χ0v) is 12.7. The van der Waals surface area contributed by atoms with Crippen molar-refractivity contribution in [3.8, 4) is 11.5 Å². The SMILES string of the molecule is COc1ccc(O)c(C(=O)Nc2ccc(Br)c(C)c2)c1. The van der Waals surface area contributed by atoms with E-state index in [1.807, 2.05) is 19.1 Å². The summed E-state index contributed by atoms with van der Waals surface area (Å²) in [6, 6.07) is 10.0. The van der Waals surface area contributed by atoms with Crippen LogP contribution < -0.4 is 10.1 Å². The second-order valence-electron chi connectivity index (χ2n) is 4.30. The molecule has 0 aliphatic rings. The number of rotatable bonds is 3. The molecule has 0 aliphatic carbocycles. The van der Waals surface area contributed by atoms with Crippen LogP contribution in [0.2, 0.25) is 0 Å². The quantitative estimate of drug-likeness (QED) is 0.898. The molecule has 0 spiro atoms. The van der Waals surface area contributed by atoms with Gasteiger partial charge >= 0.3 is 0 Å². The third kappa shape index (κ3) is 3.11. The normalized spacial score (nSPS) is 10.2. The lowest BCUT2D eigenvalue weighted by atomic mass is 10.1. The molecule has 4 nitrogen and oxygen atoms in total. The summed E-state index contributed by atoms with van der Waals surface area (Å²) in [6.07, 6.45) is 0. The van der Waals surface area contributed by atoms with Crippen LogP contribution in [0.3, 0.4) is 0 Å². The number of ether oxygens (including phenoxy) is 1. The number of aryl methyl sites for hydroxylation is 1. The maximum atomic E-state index is 12.2. The lowest BCUT2D eigenvalue weighted by molar-refractivity contribution is 0.102. The highest BCUT2D eigenvalue weighted by atomic mass is 79.9. The zero-order valence-electron chi connectivity index (χ0n) is 11.1. The van der Waals surface area contributed by atoms with Crippen molar-refractivity contribution in [3.05, 3.63) is 52.0 Å². The van der Waals surface area contributed by atoms with Crippen LogP contribution >= 0.6 is 15.9 Å². The van der Waals surface area contributed by atoms with Gasteiger partial charge in [-0.15, -0.1) is 0 Å². The van der Waals surface area contributed by atoms with E-state index < -0.39 is 0 Å². The highest BCUT2D eigenvalue weighted by Crippen LogP contribution is 2.25. The zero-order chi connectivity index (χ0) is 14.7. The third-order valence-electron chi connectivity index (χ3n) is 2.86. The lowest BCUT2D eigenvalue weighted by Crippen LogP contribution is -2.12. The number of phenols is 1. The first-order valence-corrected chi connectivity index (χ1v) is 6.75. The van der Waals surface area contributed by atoms with E-state index in [1.54, 1.807) is 12.1 Å². The predicted octanol–water partition coefficient (Wildman–Crippen LogP) is 3.72. The molecule has 1 amide bonds. The molecule has 104 valence electrons. The molecule has 0 bridgehead atoms. The summed E-state index contributed by atoms with van der Waals surface area (Å²) in [5.41, 5.74) is 1.85. The van der Waals surface area contributed by atoms with E-state index in [4.69, 9.17) is 4.74 Å². The molecular formula is C15H14BrNO3. The molecule has 20 heavy (non-hydrogen) atoms. The number of anilines is 1. The number of nitrogens with one attached hydrogen (secondary N) is 1. The van der Waals surface area contributed by atoms with Crippen LogP contribution in [-0.2, 0) is 0 Å². The predicted molar refractivity (Wildman–Crippen MR) is 81.5 cm³/mol. The van der Waals surface area contributed by atoms with Gasteiger partial charge in [0, 0.05) is 10.2 Å². The Morgan fingerprint density at radius 3 is 2.65 bits per heavy atom. The van der Waals surface area contributed by atoms with Crippen molar-refractivity contribution in [3.63, 3.8) is 0 Å². The summed E-state index contributed by atoms with van der Waals surface area (Å²) < 4.78 is 6.02. The van der Waals surface area contributed by atoms with Crippen molar-refractivity contribution in [1.29, 1.82) is 0 Å². The van der Waals surface area contributed by atoms with E-state index in [-0.39, 0.29) is 17.2 Å². The molecule has 0 radical (unpaired) electrons. The number of carbonyl (C=O) groups excluding carboxylic acids is 1. The average molecular weight is 336 g/mol. The Balaban J connectivity index is 2.25. The van der Waals surface area contributed by atoms with E-state index >= 15 is 0 Å². The number of hydrogen-bond donors (Lipinski definition) is 2. The van der Waals surface area contributed by atoms with Gasteiger partial charge in [0.2, 0.25) is 0 Å². The molecule has 5 heteroatoms. The second kappa shape index (κ2) is 5.96. The molecule has 0 atom stereocenters. The summed E-state index contributed by atoms with van der Waals surface area (Å²) in [7, 11) is 1.51. The minimum Gasteiger partial charge on any atom is -0.507 e. The molecular weight excluding hydrogens is 322 g/mol. The first-order chi connectivity index (χ1) is 9.51. The average Bonchev–Trinajstić information content (AvgIpc) is 2.43. The smallest absolute Gasteiger partial charge is 0.259 e. The number of benzene rings is 2. The van der Waals surface area contributed by atoms with Crippen LogP contribution in [0.4, 0.5) is 5.69 Å². The molecule has 0 unspecified atom stereocenters. The van der Waals surface area contributed by atoms with Gasteiger partial charge in [-0.1, -0.05) is 15.9 Å². The molecule has 0 heterocycles. The third-order valence-corrected chi connectivity index (χ3v) is 3.75. The van der Waals surface area contributed by atoms with Crippen LogP contribution in [0.1, 0.15) is 15.9 Å². The van der Waals surface area contributed by atoms with Gasteiger partial charge in [0.05, 0.1) is 12.7 Å². The van der Waals surface area contributed by atoms with Crippen molar-refractivity contribution in [2.24, 2.45) is 0 Å². The number of hydrogen-bond acceptors (Lipinski definition) is 3. The molecule has 0 aromatic heterocycles. The van der Waals surface area contributed by atoms with Crippen LogP contribution in [0.5, 0.6) is 11.5 Å². The summed E-state index contributed by atoms with van der Waals surface area (Å²) >= 11 is 3.40. The van der Waals surface area contributed by atoms with Gasteiger partial charge in [-0.05, 0) is 48.9 Å². The number of amides is 1. The van der Waals surface area contributed by atoms with Gasteiger partial charge in [-0.3, -0.25) is 4.79 Å². The maximum Gasteiger partial charge on any atom is 0.259 e. The number of carbonyl (C=O) groups is 1. The highest BCUT2D eigenvalue weighted by molar-refractivity contribution is 9.10. The minimum atomic E-state index is -0.386. The van der Waals surface area contributed by atoms with Gasteiger partial charge < -0.3 is 15.2 Å². The fraction of sp³-hybridized carbons (Fsp3) is 0.133. The molecule has 0 aliphatic heterocycles. The molecule has 2 aromatic carbocycles. The monoisotopic (exact) mass is 335 g/mol. The molecule has 2 aromatic rings. The van der Waals surface area contributed by atoms with E-state index in [9.17, 15) is 9.90 Å². The van der Waals surface area contributed by atoms with Crippen molar-refractivity contribution < 1.29 is 14.6 Å². The minimum absolute atomic E-state index is 0.0860. The Kier molecular flexibility index (Phi) is 4.29. The lowest BCUT2D eigenvalue weighted by Gasteiger charge is -2.09. The second-order valence-corrected chi connectivity index (χ2v) is 5.16. The molecule has 0 fully saturated rings. The maximum absolute atomic E-state index is 12.2. The molecule has 0 saturated carbocycles. The van der Waals surface area contributed by atoms with E-state index in [2.05, 4.69) is 21.2 Å². The van der Waals surface area contributed by atoms with Gasteiger partial charge in [0.1, 0.15) is 11.5 Å². The number of methoxy groups -OCH3 is 1. The number of phenolic OH excluding ortho intramolecular Hbond substituents is 1. The first kappa shape index (κ1) is 14.4. The Morgan fingerprint density at radius 2 is 2.00 bits per heavy atom. The first-order valence-electron chi connectivity index (χ1n) is 5.96. The fourth-order valence-corrected chi connectivity index (χ4v) is 1.99. The molecule has 2 rings (SSSR count). The Bertz CT molecular complexity index is 656. The van der Waals surface area contributed by atoms with Gasteiger partial charge in [0.15, 0.2) is 0 Å².